The summed E-state index contributed by atoms with van der Waals surface area (Å²) in [5.74, 6) is 1.59. The van der Waals surface area contributed by atoms with Crippen molar-refractivity contribution in [3.63, 3.8) is 0 Å². The maximum absolute atomic E-state index is 12.5. The average Bonchev–Trinajstić information content (AvgIpc) is 3.02. The molecule has 6 heteroatoms. The topological polar surface area (TPSA) is 58.6 Å². The summed E-state index contributed by atoms with van der Waals surface area (Å²) in [6.07, 6.45) is 3.12. The number of amides is 2. The Hall–Kier alpha value is -2.47. The van der Waals surface area contributed by atoms with Gasteiger partial charge in [-0.05, 0) is 54.8 Å². The predicted octanol–water partition coefficient (Wildman–Crippen LogP) is 4.21. The van der Waals surface area contributed by atoms with Gasteiger partial charge >= 0.3 is 0 Å². The van der Waals surface area contributed by atoms with E-state index in [0.717, 1.165) is 42.0 Å². The molecule has 0 unspecified atom stereocenters. The minimum atomic E-state index is -0.0673. The van der Waals surface area contributed by atoms with E-state index in [4.69, 9.17) is 4.74 Å². The number of hydrogen-bond acceptors (Lipinski definition) is 4. The van der Waals surface area contributed by atoms with Crippen LogP contribution >= 0.6 is 11.8 Å². The van der Waals surface area contributed by atoms with Crippen molar-refractivity contribution in [2.45, 2.75) is 24.6 Å². The second-order valence-corrected chi connectivity index (χ2v) is 7.93. The zero-order valence-corrected chi connectivity index (χ0v) is 16.0. The highest BCUT2D eigenvalue weighted by Crippen LogP contribution is 2.42. The van der Waals surface area contributed by atoms with E-state index in [1.165, 1.54) is 0 Å². The minimum absolute atomic E-state index is 0.0673. The lowest BCUT2D eigenvalue weighted by molar-refractivity contribution is -0.122. The van der Waals surface area contributed by atoms with Gasteiger partial charge in [0, 0.05) is 17.3 Å². The molecular formula is C21H22N2O3S. The fourth-order valence-electron chi connectivity index (χ4n) is 3.34. The van der Waals surface area contributed by atoms with E-state index in [-0.39, 0.29) is 23.1 Å². The predicted molar refractivity (Wildman–Crippen MR) is 108 cm³/mol. The second-order valence-electron chi connectivity index (χ2n) is 6.86. The Morgan fingerprint density at radius 3 is 2.41 bits per heavy atom. The van der Waals surface area contributed by atoms with E-state index in [2.05, 4.69) is 5.32 Å². The fourth-order valence-corrected chi connectivity index (χ4v) is 4.52. The molecule has 1 atom stereocenters. The first-order valence-electron chi connectivity index (χ1n) is 9.14. The second kappa shape index (κ2) is 7.64. The summed E-state index contributed by atoms with van der Waals surface area (Å²) in [7, 11) is 1.62. The first-order chi connectivity index (χ1) is 13.2. The Balaban J connectivity index is 1.50. The number of carbonyl (C=O) groups excluding carboxylic acids is 2. The molecule has 4 rings (SSSR count). The van der Waals surface area contributed by atoms with Crippen molar-refractivity contribution < 1.29 is 14.3 Å². The number of ether oxygens (including phenoxy) is 1. The van der Waals surface area contributed by atoms with Crippen molar-refractivity contribution in [3.8, 4) is 5.75 Å². The highest BCUT2D eigenvalue weighted by atomic mass is 32.2. The molecule has 140 valence electrons. The van der Waals surface area contributed by atoms with Crippen LogP contribution in [0.1, 0.15) is 30.2 Å². The van der Waals surface area contributed by atoms with Crippen molar-refractivity contribution in [2.24, 2.45) is 5.92 Å². The van der Waals surface area contributed by atoms with Gasteiger partial charge in [-0.3, -0.25) is 14.5 Å². The Labute approximate surface area is 163 Å². The molecule has 2 fully saturated rings. The van der Waals surface area contributed by atoms with Gasteiger partial charge < -0.3 is 10.1 Å². The standard InChI is InChI=1S/C21H22N2O3S/c1-26-18-11-9-17(10-12-18)23-19(24)13-27-21(23)15-5-7-16(8-6-15)22-20(25)14-3-2-4-14/h5-12,14,21H,2-4,13H2,1H3,(H,22,25)/t21-/m1/s1. The molecule has 2 aromatic rings. The monoisotopic (exact) mass is 382 g/mol. The number of hydrogen-bond donors (Lipinski definition) is 1. The van der Waals surface area contributed by atoms with Gasteiger partial charge in [0.25, 0.3) is 0 Å². The normalized spacial score (nSPS) is 19.7. The van der Waals surface area contributed by atoms with Crippen molar-refractivity contribution in [1.29, 1.82) is 0 Å². The van der Waals surface area contributed by atoms with Gasteiger partial charge in [-0.2, -0.15) is 0 Å². The summed E-state index contributed by atoms with van der Waals surface area (Å²) in [5.41, 5.74) is 2.71. The van der Waals surface area contributed by atoms with Crippen molar-refractivity contribution >= 4 is 35.0 Å². The molecule has 0 bridgehead atoms. The number of methoxy groups -OCH3 is 1. The molecule has 27 heavy (non-hydrogen) atoms. The van der Waals surface area contributed by atoms with E-state index in [9.17, 15) is 9.59 Å². The van der Waals surface area contributed by atoms with Crippen molar-refractivity contribution in [1.82, 2.24) is 0 Å². The number of rotatable bonds is 5. The summed E-state index contributed by atoms with van der Waals surface area (Å²) in [5, 5.41) is 2.92. The van der Waals surface area contributed by atoms with Gasteiger partial charge in [-0.25, -0.2) is 0 Å². The average molecular weight is 382 g/mol. The quantitative estimate of drug-likeness (QED) is 0.841. The molecule has 2 amide bonds. The van der Waals surface area contributed by atoms with Gasteiger partial charge in [0.05, 0.1) is 12.9 Å². The summed E-state index contributed by atoms with van der Waals surface area (Å²) in [4.78, 5) is 26.4. The zero-order chi connectivity index (χ0) is 18.8. The zero-order valence-electron chi connectivity index (χ0n) is 15.2. The van der Waals surface area contributed by atoms with E-state index in [1.807, 2.05) is 53.4 Å². The lowest BCUT2D eigenvalue weighted by Crippen LogP contribution is -2.28. The number of anilines is 2. The van der Waals surface area contributed by atoms with Crippen LogP contribution in [0.4, 0.5) is 11.4 Å². The number of carbonyl (C=O) groups is 2. The molecule has 1 aliphatic heterocycles. The third-order valence-electron chi connectivity index (χ3n) is 5.16. The maximum atomic E-state index is 12.5. The number of nitrogens with one attached hydrogen (secondary N) is 1. The smallest absolute Gasteiger partial charge is 0.238 e. The van der Waals surface area contributed by atoms with Gasteiger partial charge in [0.15, 0.2) is 0 Å². The molecule has 1 N–H and O–H groups in total. The van der Waals surface area contributed by atoms with Gasteiger partial charge in [0.2, 0.25) is 11.8 Å². The lowest BCUT2D eigenvalue weighted by Gasteiger charge is -2.25. The number of thioether (sulfide) groups is 1. The molecule has 1 saturated carbocycles. The Morgan fingerprint density at radius 2 is 1.81 bits per heavy atom. The number of benzene rings is 2. The van der Waals surface area contributed by atoms with Crippen LogP contribution in [0.3, 0.4) is 0 Å². The number of nitrogens with zero attached hydrogens (tertiary/aromatic N) is 1. The molecule has 2 aromatic carbocycles. The highest BCUT2D eigenvalue weighted by molar-refractivity contribution is 8.00. The summed E-state index contributed by atoms with van der Waals surface area (Å²) >= 11 is 1.61. The largest absolute Gasteiger partial charge is 0.497 e. The molecule has 1 aliphatic carbocycles. The van der Waals surface area contributed by atoms with E-state index >= 15 is 0 Å². The molecule has 5 nitrogen and oxygen atoms in total. The van der Waals surface area contributed by atoms with Crippen LogP contribution in [-0.4, -0.2) is 24.7 Å². The van der Waals surface area contributed by atoms with Crippen LogP contribution < -0.4 is 15.0 Å². The van der Waals surface area contributed by atoms with Crippen LogP contribution in [0, 0.1) is 5.92 Å². The maximum Gasteiger partial charge on any atom is 0.238 e. The molecule has 1 heterocycles. The first-order valence-corrected chi connectivity index (χ1v) is 10.2. The highest BCUT2D eigenvalue weighted by Gasteiger charge is 2.34. The van der Waals surface area contributed by atoms with Crippen LogP contribution in [0.5, 0.6) is 5.75 Å². The summed E-state index contributed by atoms with van der Waals surface area (Å²) in [6.45, 7) is 0. The van der Waals surface area contributed by atoms with Crippen molar-refractivity contribution in [2.75, 3.05) is 23.1 Å². The SMILES string of the molecule is COc1ccc(N2C(=O)CS[C@@H]2c2ccc(NC(=O)C3CCC3)cc2)cc1. The Bertz CT molecular complexity index is 832. The Kier molecular flexibility index (Phi) is 5.07. The van der Waals surface area contributed by atoms with E-state index < -0.39 is 0 Å². The van der Waals surface area contributed by atoms with Crippen molar-refractivity contribution in [3.05, 3.63) is 54.1 Å². The summed E-state index contributed by atoms with van der Waals surface area (Å²) < 4.78 is 5.20. The Morgan fingerprint density at radius 1 is 1.11 bits per heavy atom. The van der Waals surface area contributed by atoms with Crippen LogP contribution in [0.25, 0.3) is 0 Å². The molecule has 0 radical (unpaired) electrons. The molecule has 0 spiro atoms. The minimum Gasteiger partial charge on any atom is -0.497 e. The lowest BCUT2D eigenvalue weighted by atomic mass is 9.85. The van der Waals surface area contributed by atoms with Crippen LogP contribution in [0.15, 0.2) is 48.5 Å². The third kappa shape index (κ3) is 3.67. The summed E-state index contributed by atoms with van der Waals surface area (Å²) in [6, 6.07) is 15.4. The van der Waals surface area contributed by atoms with E-state index in [1.54, 1.807) is 18.9 Å². The van der Waals surface area contributed by atoms with Gasteiger partial charge in [0.1, 0.15) is 11.1 Å². The van der Waals surface area contributed by atoms with Gasteiger partial charge in [-0.15, -0.1) is 11.8 Å². The third-order valence-corrected chi connectivity index (χ3v) is 6.37. The first kappa shape index (κ1) is 17.9. The van der Waals surface area contributed by atoms with Crippen LogP contribution in [0.2, 0.25) is 0 Å². The van der Waals surface area contributed by atoms with Gasteiger partial charge in [-0.1, -0.05) is 18.6 Å². The van der Waals surface area contributed by atoms with E-state index in [0.29, 0.717) is 5.75 Å². The molecule has 1 saturated heterocycles. The molecule has 2 aliphatic rings. The van der Waals surface area contributed by atoms with Crippen LogP contribution in [-0.2, 0) is 9.59 Å². The molecule has 0 aromatic heterocycles. The fraction of sp³-hybridized carbons (Fsp3) is 0.333. The molecular weight excluding hydrogens is 360 g/mol.